The Balaban J connectivity index is 2.05. The maximum absolute atomic E-state index is 12.0. The highest BCUT2D eigenvalue weighted by Crippen LogP contribution is 2.14. The third-order valence-corrected chi connectivity index (χ3v) is 4.50. The summed E-state index contributed by atoms with van der Waals surface area (Å²) in [6, 6.07) is 6.95. The van der Waals surface area contributed by atoms with Gasteiger partial charge in [-0.05, 0) is 18.6 Å². The fraction of sp³-hybridized carbons (Fsp3) is 0.308. The molecule has 1 aromatic carbocycles. The second-order valence-electron chi connectivity index (χ2n) is 4.66. The Hall–Kier alpha value is -1.86. The van der Waals surface area contributed by atoms with Gasteiger partial charge in [0.1, 0.15) is 0 Å². The molecule has 0 saturated heterocycles. The number of hydrogen-bond donors (Lipinski definition) is 2. The smallest absolute Gasteiger partial charge is 0.216 e. The summed E-state index contributed by atoms with van der Waals surface area (Å²) in [6.07, 6.45) is 1.66. The number of benzene rings is 1. The molecule has 1 heterocycles. The Labute approximate surface area is 118 Å². The van der Waals surface area contributed by atoms with Gasteiger partial charge in [0.2, 0.25) is 10.0 Å². The van der Waals surface area contributed by atoms with Gasteiger partial charge in [0.15, 0.2) is 0 Å². The maximum atomic E-state index is 12.0. The molecule has 0 bridgehead atoms. The monoisotopic (exact) mass is 294 g/mol. The van der Waals surface area contributed by atoms with Crippen molar-refractivity contribution >= 4 is 15.7 Å². The summed E-state index contributed by atoms with van der Waals surface area (Å²) in [4.78, 5) is 0. The van der Waals surface area contributed by atoms with Gasteiger partial charge in [-0.25, -0.2) is 13.1 Å². The van der Waals surface area contributed by atoms with Gasteiger partial charge in [0.25, 0.3) is 0 Å². The van der Waals surface area contributed by atoms with Crippen LogP contribution in [0.5, 0.6) is 0 Å². The van der Waals surface area contributed by atoms with Crippen LogP contribution in [0.15, 0.2) is 30.5 Å². The molecular formula is C13H18N4O2S. The van der Waals surface area contributed by atoms with Crippen molar-refractivity contribution in [2.45, 2.75) is 19.2 Å². The highest BCUT2D eigenvalue weighted by atomic mass is 32.2. The van der Waals surface area contributed by atoms with E-state index in [-0.39, 0.29) is 12.3 Å². The molecule has 0 amide bonds. The van der Waals surface area contributed by atoms with Crippen LogP contribution in [0.1, 0.15) is 16.8 Å². The zero-order valence-corrected chi connectivity index (χ0v) is 12.3. The minimum atomic E-state index is -3.43. The summed E-state index contributed by atoms with van der Waals surface area (Å²) in [7, 11) is -1.61. The molecule has 7 heteroatoms. The van der Waals surface area contributed by atoms with Crippen LogP contribution in [0.3, 0.4) is 0 Å². The fourth-order valence-electron chi connectivity index (χ4n) is 1.83. The van der Waals surface area contributed by atoms with Crippen LogP contribution in [-0.2, 0) is 29.4 Å². The van der Waals surface area contributed by atoms with Crippen molar-refractivity contribution in [2.75, 3.05) is 5.73 Å². The largest absolute Gasteiger partial charge is 0.398 e. The van der Waals surface area contributed by atoms with Crippen molar-refractivity contribution in [3.63, 3.8) is 0 Å². The Kier molecular flexibility index (Phi) is 4.10. The molecule has 0 atom stereocenters. The van der Waals surface area contributed by atoms with Crippen LogP contribution >= 0.6 is 0 Å². The van der Waals surface area contributed by atoms with Crippen molar-refractivity contribution in [1.29, 1.82) is 0 Å². The van der Waals surface area contributed by atoms with Gasteiger partial charge in [-0.2, -0.15) is 5.10 Å². The Bertz CT molecular complexity index is 707. The number of anilines is 1. The number of nitrogens with zero attached hydrogens (tertiary/aromatic N) is 2. The number of aromatic nitrogens is 2. The fourth-order valence-corrected chi connectivity index (χ4v) is 2.98. The van der Waals surface area contributed by atoms with Crippen molar-refractivity contribution in [2.24, 2.45) is 7.05 Å². The zero-order chi connectivity index (χ0) is 14.8. The van der Waals surface area contributed by atoms with Gasteiger partial charge in [-0.1, -0.05) is 18.2 Å². The summed E-state index contributed by atoms with van der Waals surface area (Å²) < 4.78 is 28.4. The summed E-state index contributed by atoms with van der Waals surface area (Å²) in [5.74, 6) is -0.126. The lowest BCUT2D eigenvalue weighted by molar-refractivity contribution is 0.580. The van der Waals surface area contributed by atoms with Crippen LogP contribution < -0.4 is 10.5 Å². The predicted molar refractivity (Wildman–Crippen MR) is 78.3 cm³/mol. The minimum absolute atomic E-state index is 0.126. The normalized spacial score (nSPS) is 11.7. The van der Waals surface area contributed by atoms with Crippen molar-refractivity contribution in [3.05, 3.63) is 47.3 Å². The molecule has 1 aromatic heterocycles. The first-order chi connectivity index (χ1) is 9.39. The molecule has 6 nitrogen and oxygen atoms in total. The second-order valence-corrected chi connectivity index (χ2v) is 6.46. The standard InChI is InChI=1S/C13H18N4O2S/c1-10-12(7-15-17(10)2)8-16-20(18,19)9-11-5-3-4-6-13(11)14/h3-7,16H,8-9,14H2,1-2H3. The van der Waals surface area contributed by atoms with Crippen LogP contribution in [0.25, 0.3) is 0 Å². The first-order valence-corrected chi connectivity index (χ1v) is 7.82. The third kappa shape index (κ3) is 3.37. The molecular weight excluding hydrogens is 276 g/mol. The number of sulfonamides is 1. The average molecular weight is 294 g/mol. The number of nitrogen functional groups attached to an aromatic ring is 1. The first kappa shape index (κ1) is 14.5. The van der Waals surface area contributed by atoms with Crippen molar-refractivity contribution in [3.8, 4) is 0 Å². The van der Waals surface area contributed by atoms with Gasteiger partial charge in [0.05, 0.1) is 11.9 Å². The minimum Gasteiger partial charge on any atom is -0.398 e. The molecule has 3 N–H and O–H groups in total. The van der Waals surface area contributed by atoms with Gasteiger partial charge in [-0.3, -0.25) is 4.68 Å². The molecule has 2 rings (SSSR count). The number of nitrogens with two attached hydrogens (primary N) is 1. The second kappa shape index (κ2) is 5.64. The zero-order valence-electron chi connectivity index (χ0n) is 11.5. The molecule has 0 unspecified atom stereocenters. The predicted octanol–water partition coefficient (Wildman–Crippen LogP) is 0.930. The third-order valence-electron chi connectivity index (χ3n) is 3.22. The van der Waals surface area contributed by atoms with Gasteiger partial charge in [0, 0.05) is 30.5 Å². The van der Waals surface area contributed by atoms with Crippen LogP contribution in [-0.4, -0.2) is 18.2 Å². The molecule has 0 radical (unpaired) electrons. The number of nitrogens with one attached hydrogen (secondary N) is 1. The lowest BCUT2D eigenvalue weighted by atomic mass is 10.2. The van der Waals surface area contributed by atoms with E-state index in [1.54, 1.807) is 35.1 Å². The summed E-state index contributed by atoms with van der Waals surface area (Å²) in [5.41, 5.74) is 8.63. The lowest BCUT2D eigenvalue weighted by Gasteiger charge is -2.08. The van der Waals surface area contributed by atoms with E-state index in [4.69, 9.17) is 5.73 Å². The van der Waals surface area contributed by atoms with Gasteiger partial charge < -0.3 is 5.73 Å². The molecule has 2 aromatic rings. The van der Waals surface area contributed by atoms with E-state index in [0.29, 0.717) is 11.3 Å². The quantitative estimate of drug-likeness (QED) is 0.803. The van der Waals surface area contributed by atoms with E-state index in [9.17, 15) is 8.42 Å². The maximum Gasteiger partial charge on any atom is 0.216 e. The van der Waals surface area contributed by atoms with Crippen molar-refractivity contribution in [1.82, 2.24) is 14.5 Å². The van der Waals surface area contributed by atoms with E-state index in [1.807, 2.05) is 14.0 Å². The van der Waals surface area contributed by atoms with E-state index in [2.05, 4.69) is 9.82 Å². The molecule has 108 valence electrons. The summed E-state index contributed by atoms with van der Waals surface area (Å²) in [6.45, 7) is 2.13. The Morgan fingerprint density at radius 3 is 2.60 bits per heavy atom. The molecule has 0 spiro atoms. The molecule has 0 aliphatic rings. The topological polar surface area (TPSA) is 90.0 Å². The first-order valence-electron chi connectivity index (χ1n) is 6.17. The van der Waals surface area contributed by atoms with E-state index in [1.165, 1.54) is 0 Å². The van der Waals surface area contributed by atoms with Crippen LogP contribution in [0.2, 0.25) is 0 Å². The highest BCUT2D eigenvalue weighted by molar-refractivity contribution is 7.88. The van der Waals surface area contributed by atoms with E-state index < -0.39 is 10.0 Å². The molecule has 0 fully saturated rings. The van der Waals surface area contributed by atoms with Crippen molar-refractivity contribution < 1.29 is 8.42 Å². The van der Waals surface area contributed by atoms with E-state index in [0.717, 1.165) is 11.3 Å². The molecule has 0 aliphatic carbocycles. The van der Waals surface area contributed by atoms with Gasteiger partial charge in [-0.15, -0.1) is 0 Å². The lowest BCUT2D eigenvalue weighted by Crippen LogP contribution is -2.25. The summed E-state index contributed by atoms with van der Waals surface area (Å²) >= 11 is 0. The number of para-hydroxylation sites is 1. The molecule has 20 heavy (non-hydrogen) atoms. The number of aryl methyl sites for hydroxylation is 1. The highest BCUT2D eigenvalue weighted by Gasteiger charge is 2.14. The Morgan fingerprint density at radius 2 is 2.00 bits per heavy atom. The molecule has 0 saturated carbocycles. The van der Waals surface area contributed by atoms with Crippen LogP contribution in [0.4, 0.5) is 5.69 Å². The van der Waals surface area contributed by atoms with Gasteiger partial charge >= 0.3 is 0 Å². The Morgan fingerprint density at radius 1 is 1.30 bits per heavy atom. The number of hydrogen-bond acceptors (Lipinski definition) is 4. The van der Waals surface area contributed by atoms with Crippen LogP contribution in [0, 0.1) is 6.92 Å². The SMILES string of the molecule is Cc1c(CNS(=O)(=O)Cc2ccccc2N)cnn1C. The van der Waals surface area contributed by atoms with E-state index >= 15 is 0 Å². The number of rotatable bonds is 5. The molecule has 0 aliphatic heterocycles. The average Bonchev–Trinajstić information content (AvgIpc) is 2.70. The summed E-state index contributed by atoms with van der Waals surface area (Å²) in [5, 5.41) is 4.08.